The molecule has 0 spiro atoms. The van der Waals surface area contributed by atoms with Crippen LogP contribution in [0.3, 0.4) is 0 Å². The van der Waals surface area contributed by atoms with E-state index in [1.165, 1.54) is 18.1 Å². The summed E-state index contributed by atoms with van der Waals surface area (Å²) in [6.07, 6.45) is 1.13. The van der Waals surface area contributed by atoms with Crippen LogP contribution in [-0.4, -0.2) is 34.5 Å². The Morgan fingerprint density at radius 1 is 1.27 bits per heavy atom. The normalized spacial score (nSPS) is 11.2. The van der Waals surface area contributed by atoms with Crippen molar-refractivity contribution in [2.75, 3.05) is 12.4 Å². The molecular weight excluding hydrogens is 348 g/mol. The maximum absolute atomic E-state index is 13.3. The number of nitrogens with zero attached hydrogens (tertiary/aromatic N) is 2. The average molecular weight is 367 g/mol. The Labute approximate surface area is 148 Å². The van der Waals surface area contributed by atoms with E-state index in [0.29, 0.717) is 0 Å². The van der Waals surface area contributed by atoms with Crippen LogP contribution in [0, 0.1) is 11.6 Å². The third-order valence-corrected chi connectivity index (χ3v) is 3.47. The van der Waals surface area contributed by atoms with E-state index in [-0.39, 0.29) is 23.8 Å². The van der Waals surface area contributed by atoms with Crippen molar-refractivity contribution < 1.29 is 27.5 Å². The molecule has 1 aromatic heterocycles. The van der Waals surface area contributed by atoms with Gasteiger partial charge < -0.3 is 19.4 Å². The number of ether oxygens (including phenoxy) is 1. The SMILES string of the molecule is COC(=O)c1coc(CN(C(=O)Nc2ccc(F)c(F)c2)C(C)(C)C)n1. The second-order valence-electron chi connectivity index (χ2n) is 6.43. The van der Waals surface area contributed by atoms with Gasteiger partial charge in [0.2, 0.25) is 5.89 Å². The number of carbonyl (C=O) groups is 2. The van der Waals surface area contributed by atoms with Gasteiger partial charge in [-0.25, -0.2) is 23.4 Å². The minimum atomic E-state index is -1.07. The Morgan fingerprint density at radius 2 is 1.96 bits per heavy atom. The second-order valence-corrected chi connectivity index (χ2v) is 6.43. The number of hydrogen-bond donors (Lipinski definition) is 1. The van der Waals surface area contributed by atoms with Gasteiger partial charge in [0.15, 0.2) is 17.3 Å². The molecule has 26 heavy (non-hydrogen) atoms. The molecule has 0 aliphatic rings. The van der Waals surface area contributed by atoms with Crippen LogP contribution in [0.15, 0.2) is 28.9 Å². The third-order valence-electron chi connectivity index (χ3n) is 3.47. The number of amides is 2. The van der Waals surface area contributed by atoms with Gasteiger partial charge in [-0.05, 0) is 32.9 Å². The summed E-state index contributed by atoms with van der Waals surface area (Å²) >= 11 is 0. The van der Waals surface area contributed by atoms with Gasteiger partial charge in [-0.3, -0.25) is 0 Å². The fourth-order valence-electron chi connectivity index (χ4n) is 2.10. The summed E-state index contributed by atoms with van der Waals surface area (Å²) in [5, 5.41) is 2.50. The molecule has 1 N–H and O–H groups in total. The second kappa shape index (κ2) is 7.51. The van der Waals surface area contributed by atoms with E-state index < -0.39 is 29.2 Å². The first-order valence-corrected chi connectivity index (χ1v) is 7.68. The van der Waals surface area contributed by atoms with Crippen molar-refractivity contribution in [3.05, 3.63) is 47.7 Å². The van der Waals surface area contributed by atoms with Gasteiger partial charge >= 0.3 is 12.0 Å². The Balaban J connectivity index is 2.18. The highest BCUT2D eigenvalue weighted by molar-refractivity contribution is 5.90. The van der Waals surface area contributed by atoms with Crippen LogP contribution in [0.5, 0.6) is 0 Å². The van der Waals surface area contributed by atoms with E-state index >= 15 is 0 Å². The summed E-state index contributed by atoms with van der Waals surface area (Å²) in [5.41, 5.74) is -0.564. The summed E-state index contributed by atoms with van der Waals surface area (Å²) < 4.78 is 36.1. The van der Waals surface area contributed by atoms with Crippen molar-refractivity contribution in [2.24, 2.45) is 0 Å². The molecule has 2 aromatic rings. The highest BCUT2D eigenvalue weighted by Gasteiger charge is 2.29. The number of esters is 1. The summed E-state index contributed by atoms with van der Waals surface area (Å²) in [4.78, 5) is 29.4. The number of urea groups is 1. The maximum atomic E-state index is 13.3. The number of oxazole rings is 1. The van der Waals surface area contributed by atoms with E-state index in [4.69, 9.17) is 4.42 Å². The van der Waals surface area contributed by atoms with Crippen molar-refractivity contribution in [1.82, 2.24) is 9.88 Å². The molecule has 0 unspecified atom stereocenters. The van der Waals surface area contributed by atoms with Crippen molar-refractivity contribution in [1.29, 1.82) is 0 Å². The van der Waals surface area contributed by atoms with Gasteiger partial charge in [-0.1, -0.05) is 0 Å². The molecule has 0 radical (unpaired) electrons. The molecule has 9 heteroatoms. The average Bonchev–Trinajstić information content (AvgIpc) is 3.03. The predicted octanol–water partition coefficient (Wildman–Crippen LogP) is 3.57. The lowest BCUT2D eigenvalue weighted by molar-refractivity contribution is 0.0594. The van der Waals surface area contributed by atoms with Gasteiger partial charge in [0.25, 0.3) is 0 Å². The van der Waals surface area contributed by atoms with E-state index in [0.717, 1.165) is 18.4 Å². The van der Waals surface area contributed by atoms with Crippen molar-refractivity contribution >= 4 is 17.7 Å². The number of nitrogens with one attached hydrogen (secondary N) is 1. The standard InChI is InChI=1S/C17H19F2N3O4/c1-17(2,3)22(8-14-21-13(9-26-14)15(23)25-4)16(24)20-10-5-6-11(18)12(19)7-10/h5-7,9H,8H2,1-4H3,(H,20,24). The highest BCUT2D eigenvalue weighted by atomic mass is 19.2. The molecule has 1 heterocycles. The molecule has 0 fully saturated rings. The van der Waals surface area contributed by atoms with Gasteiger partial charge in [0.1, 0.15) is 6.26 Å². The van der Waals surface area contributed by atoms with Crippen molar-refractivity contribution in [3.8, 4) is 0 Å². The Hall–Kier alpha value is -2.97. The number of halogens is 2. The van der Waals surface area contributed by atoms with E-state index in [1.54, 1.807) is 20.8 Å². The molecule has 2 amide bonds. The Kier molecular flexibility index (Phi) is 5.59. The lowest BCUT2D eigenvalue weighted by Crippen LogP contribution is -2.47. The number of hydrogen-bond acceptors (Lipinski definition) is 5. The first kappa shape index (κ1) is 19.4. The van der Waals surface area contributed by atoms with Crippen LogP contribution in [0.25, 0.3) is 0 Å². The topological polar surface area (TPSA) is 84.7 Å². The zero-order chi connectivity index (χ0) is 19.5. The quantitative estimate of drug-likeness (QED) is 0.835. The summed E-state index contributed by atoms with van der Waals surface area (Å²) in [6.45, 7) is 5.29. The molecule has 140 valence electrons. The van der Waals surface area contributed by atoms with Gasteiger partial charge in [-0.2, -0.15) is 0 Å². The summed E-state index contributed by atoms with van der Waals surface area (Å²) in [6, 6.07) is 2.48. The Morgan fingerprint density at radius 3 is 2.54 bits per heavy atom. The van der Waals surface area contributed by atoms with Crippen LogP contribution < -0.4 is 5.32 Å². The zero-order valence-corrected chi connectivity index (χ0v) is 14.8. The lowest BCUT2D eigenvalue weighted by Gasteiger charge is -2.34. The minimum absolute atomic E-state index is 0.0163. The molecule has 0 atom stereocenters. The van der Waals surface area contributed by atoms with Crippen LogP contribution in [0.2, 0.25) is 0 Å². The number of aromatic nitrogens is 1. The smallest absolute Gasteiger partial charge is 0.360 e. The molecule has 2 rings (SSSR count). The molecule has 0 saturated heterocycles. The zero-order valence-electron chi connectivity index (χ0n) is 14.8. The van der Waals surface area contributed by atoms with Crippen LogP contribution in [0.4, 0.5) is 19.3 Å². The summed E-state index contributed by atoms with van der Waals surface area (Å²) in [7, 11) is 1.22. The van der Waals surface area contributed by atoms with Gasteiger partial charge in [0.05, 0.1) is 13.7 Å². The first-order chi connectivity index (χ1) is 12.1. The number of rotatable bonds is 4. The molecule has 0 saturated carbocycles. The Bertz CT molecular complexity index is 815. The number of carbonyl (C=O) groups excluding carboxylic acids is 2. The largest absolute Gasteiger partial charge is 0.464 e. The number of benzene rings is 1. The van der Waals surface area contributed by atoms with Crippen LogP contribution in [0.1, 0.15) is 37.2 Å². The van der Waals surface area contributed by atoms with Crippen LogP contribution >= 0.6 is 0 Å². The van der Waals surface area contributed by atoms with E-state index in [9.17, 15) is 18.4 Å². The van der Waals surface area contributed by atoms with E-state index in [2.05, 4.69) is 15.0 Å². The highest BCUT2D eigenvalue weighted by Crippen LogP contribution is 2.20. The van der Waals surface area contributed by atoms with Gasteiger partial charge in [-0.15, -0.1) is 0 Å². The van der Waals surface area contributed by atoms with Crippen molar-refractivity contribution in [2.45, 2.75) is 32.9 Å². The molecule has 1 aromatic carbocycles. The monoisotopic (exact) mass is 367 g/mol. The van der Waals surface area contributed by atoms with Gasteiger partial charge in [0, 0.05) is 17.3 Å². The number of anilines is 1. The molecule has 0 bridgehead atoms. The molecule has 7 nitrogen and oxygen atoms in total. The molecule has 0 aliphatic carbocycles. The van der Waals surface area contributed by atoms with Crippen LogP contribution in [-0.2, 0) is 11.3 Å². The predicted molar refractivity (Wildman–Crippen MR) is 88.5 cm³/mol. The fourth-order valence-corrected chi connectivity index (χ4v) is 2.10. The minimum Gasteiger partial charge on any atom is -0.464 e. The number of methoxy groups -OCH3 is 1. The summed E-state index contributed by atoms with van der Waals surface area (Å²) in [5.74, 6) is -2.61. The maximum Gasteiger partial charge on any atom is 0.360 e. The third kappa shape index (κ3) is 4.56. The lowest BCUT2D eigenvalue weighted by atomic mass is 10.1. The molecule has 0 aliphatic heterocycles. The van der Waals surface area contributed by atoms with Crippen molar-refractivity contribution in [3.63, 3.8) is 0 Å². The molecular formula is C17H19F2N3O4. The fraction of sp³-hybridized carbons (Fsp3) is 0.353. The van der Waals surface area contributed by atoms with E-state index in [1.807, 2.05) is 0 Å². The first-order valence-electron chi connectivity index (χ1n) is 7.68.